The number of quaternary nitrogens is 1. The summed E-state index contributed by atoms with van der Waals surface area (Å²) in [4.78, 5) is 13.5. The van der Waals surface area contributed by atoms with Gasteiger partial charge in [-0.25, -0.2) is 4.79 Å². The molecule has 5 nitrogen and oxygen atoms in total. The Morgan fingerprint density at radius 3 is 2.39 bits per heavy atom. The maximum Gasteiger partial charge on any atom is 0.411 e. The van der Waals surface area contributed by atoms with E-state index in [1.807, 2.05) is 24.3 Å². The van der Waals surface area contributed by atoms with Crippen LogP contribution in [0.25, 0.3) is 0 Å². The van der Waals surface area contributed by atoms with Crippen LogP contribution in [-0.2, 0) is 4.74 Å². The van der Waals surface area contributed by atoms with Gasteiger partial charge in [-0.3, -0.25) is 5.32 Å². The lowest BCUT2D eigenvalue weighted by Gasteiger charge is -2.23. The van der Waals surface area contributed by atoms with Gasteiger partial charge in [-0.2, -0.15) is 0 Å². The second-order valence-corrected chi connectivity index (χ2v) is 7.82. The van der Waals surface area contributed by atoms with Crippen molar-refractivity contribution in [1.82, 2.24) is 0 Å². The first-order chi connectivity index (χ1) is 13.8. The molecule has 5 heteroatoms. The normalized spacial score (nSPS) is 14.6. The van der Waals surface area contributed by atoms with Crippen molar-refractivity contribution in [2.45, 2.75) is 71.1 Å². The summed E-state index contributed by atoms with van der Waals surface area (Å²) in [5.41, 5.74) is 0.735. The SMILES string of the molecule is CCCCCCCCOc1ccc(NC(=O)OCCC[NH+]2CCCCC2)cc1. The number of ether oxygens (including phenoxy) is 2. The highest BCUT2D eigenvalue weighted by Crippen LogP contribution is 2.16. The molecule has 158 valence electrons. The van der Waals surface area contributed by atoms with E-state index in [1.54, 1.807) is 4.90 Å². The van der Waals surface area contributed by atoms with E-state index < -0.39 is 0 Å². The predicted molar refractivity (Wildman–Crippen MR) is 114 cm³/mol. The van der Waals surface area contributed by atoms with Crippen molar-refractivity contribution in [3.63, 3.8) is 0 Å². The first-order valence-corrected chi connectivity index (χ1v) is 11.3. The number of nitrogens with one attached hydrogen (secondary N) is 2. The first-order valence-electron chi connectivity index (χ1n) is 11.3. The molecule has 1 aliphatic heterocycles. The lowest BCUT2D eigenvalue weighted by molar-refractivity contribution is -0.905. The van der Waals surface area contributed by atoms with Gasteiger partial charge in [-0.15, -0.1) is 0 Å². The van der Waals surface area contributed by atoms with Crippen LogP contribution in [0.3, 0.4) is 0 Å². The number of hydrogen-bond acceptors (Lipinski definition) is 3. The number of rotatable bonds is 13. The number of amides is 1. The Hall–Kier alpha value is -1.75. The van der Waals surface area contributed by atoms with Gasteiger partial charge in [0.2, 0.25) is 0 Å². The molecule has 0 saturated carbocycles. The van der Waals surface area contributed by atoms with Crippen molar-refractivity contribution in [3.05, 3.63) is 24.3 Å². The lowest BCUT2D eigenvalue weighted by Crippen LogP contribution is -3.12. The predicted octanol–water partition coefficient (Wildman–Crippen LogP) is 4.43. The van der Waals surface area contributed by atoms with Crippen LogP contribution in [0.5, 0.6) is 5.75 Å². The van der Waals surface area contributed by atoms with Gasteiger partial charge in [0.15, 0.2) is 0 Å². The molecule has 1 aliphatic rings. The van der Waals surface area contributed by atoms with E-state index in [4.69, 9.17) is 9.47 Å². The fraction of sp³-hybridized carbons (Fsp3) is 0.696. The van der Waals surface area contributed by atoms with E-state index in [0.717, 1.165) is 37.4 Å². The van der Waals surface area contributed by atoms with Gasteiger partial charge in [0.1, 0.15) is 5.75 Å². The molecule has 1 aromatic rings. The third kappa shape index (κ3) is 9.98. The Balaban J connectivity index is 1.52. The molecule has 1 heterocycles. The van der Waals surface area contributed by atoms with Gasteiger partial charge in [-0.1, -0.05) is 39.0 Å². The molecule has 0 unspecified atom stereocenters. The maximum atomic E-state index is 11.9. The fourth-order valence-electron chi connectivity index (χ4n) is 3.65. The van der Waals surface area contributed by atoms with Gasteiger partial charge >= 0.3 is 6.09 Å². The third-order valence-corrected chi connectivity index (χ3v) is 5.34. The molecule has 0 aliphatic carbocycles. The number of anilines is 1. The average Bonchev–Trinajstić information content (AvgIpc) is 2.72. The van der Waals surface area contributed by atoms with Crippen LogP contribution in [0.15, 0.2) is 24.3 Å². The quantitative estimate of drug-likeness (QED) is 0.489. The standard InChI is InChI=1S/C23H38N2O3/c1-2-3-4-5-6-10-19-27-22-14-12-21(13-15-22)24-23(26)28-20-11-18-25-16-8-7-9-17-25/h12-15H,2-11,16-20H2,1H3,(H,24,26)/p+1. The molecule has 1 fully saturated rings. The summed E-state index contributed by atoms with van der Waals surface area (Å²) in [7, 11) is 0. The number of carbonyl (C=O) groups excluding carboxylic acids is 1. The molecule has 1 aromatic carbocycles. The van der Waals surface area contributed by atoms with Crippen LogP contribution in [0.4, 0.5) is 10.5 Å². The van der Waals surface area contributed by atoms with Crippen LogP contribution in [0.1, 0.15) is 71.1 Å². The molecule has 28 heavy (non-hydrogen) atoms. The Kier molecular flexibility index (Phi) is 11.5. The van der Waals surface area contributed by atoms with E-state index in [0.29, 0.717) is 6.61 Å². The second kappa shape index (κ2) is 14.3. The van der Waals surface area contributed by atoms with Gasteiger partial charge in [0, 0.05) is 12.1 Å². The summed E-state index contributed by atoms with van der Waals surface area (Å²) >= 11 is 0. The number of benzene rings is 1. The fourth-order valence-corrected chi connectivity index (χ4v) is 3.65. The molecular weight excluding hydrogens is 352 g/mol. The zero-order valence-corrected chi connectivity index (χ0v) is 17.6. The number of carbonyl (C=O) groups is 1. The van der Waals surface area contributed by atoms with Crippen LogP contribution in [0.2, 0.25) is 0 Å². The van der Waals surface area contributed by atoms with E-state index in [2.05, 4.69) is 12.2 Å². The van der Waals surface area contributed by atoms with Gasteiger partial charge in [0.25, 0.3) is 0 Å². The zero-order chi connectivity index (χ0) is 19.9. The van der Waals surface area contributed by atoms with E-state index in [9.17, 15) is 4.79 Å². The molecule has 0 aromatic heterocycles. The van der Waals surface area contributed by atoms with Crippen molar-refractivity contribution in [2.24, 2.45) is 0 Å². The minimum absolute atomic E-state index is 0.380. The monoisotopic (exact) mass is 391 g/mol. The Morgan fingerprint density at radius 1 is 0.929 bits per heavy atom. The summed E-state index contributed by atoms with van der Waals surface area (Å²) in [5.74, 6) is 0.844. The molecule has 1 saturated heterocycles. The Labute approximate surface area is 170 Å². The van der Waals surface area contributed by atoms with E-state index in [-0.39, 0.29) is 6.09 Å². The highest BCUT2D eigenvalue weighted by molar-refractivity contribution is 5.84. The molecule has 0 radical (unpaired) electrons. The van der Waals surface area contributed by atoms with E-state index in [1.165, 1.54) is 64.5 Å². The number of hydrogen-bond donors (Lipinski definition) is 2. The largest absolute Gasteiger partial charge is 0.494 e. The van der Waals surface area contributed by atoms with Crippen LogP contribution in [-0.4, -0.2) is 38.9 Å². The summed E-state index contributed by atoms with van der Waals surface area (Å²) in [6, 6.07) is 7.50. The minimum Gasteiger partial charge on any atom is -0.494 e. The van der Waals surface area contributed by atoms with Crippen molar-refractivity contribution < 1.29 is 19.2 Å². The highest BCUT2D eigenvalue weighted by atomic mass is 16.5. The molecule has 2 rings (SSSR count). The molecular formula is C23H39N2O3+. The highest BCUT2D eigenvalue weighted by Gasteiger charge is 2.13. The number of unbranched alkanes of at least 4 members (excludes halogenated alkanes) is 5. The van der Waals surface area contributed by atoms with Gasteiger partial charge < -0.3 is 14.4 Å². The van der Waals surface area contributed by atoms with Crippen molar-refractivity contribution in [2.75, 3.05) is 38.2 Å². The molecule has 0 bridgehead atoms. The minimum atomic E-state index is -0.380. The van der Waals surface area contributed by atoms with Crippen molar-refractivity contribution in [3.8, 4) is 5.75 Å². The smallest absolute Gasteiger partial charge is 0.411 e. The first kappa shape index (κ1) is 22.5. The Bertz CT molecular complexity index is 527. The molecule has 0 atom stereocenters. The maximum absolute atomic E-state index is 11.9. The summed E-state index contributed by atoms with van der Waals surface area (Å²) in [6.07, 6.45) is 12.1. The van der Waals surface area contributed by atoms with Crippen LogP contribution < -0.4 is 15.0 Å². The molecule has 0 spiro atoms. The van der Waals surface area contributed by atoms with Crippen LogP contribution >= 0.6 is 0 Å². The number of piperidine rings is 1. The number of likely N-dealkylation sites (tertiary alicyclic amines) is 1. The topological polar surface area (TPSA) is 52.0 Å². The second-order valence-electron chi connectivity index (χ2n) is 7.82. The molecule has 1 amide bonds. The van der Waals surface area contributed by atoms with Crippen molar-refractivity contribution in [1.29, 1.82) is 0 Å². The summed E-state index contributed by atoms with van der Waals surface area (Å²) < 4.78 is 11.1. The van der Waals surface area contributed by atoms with Crippen molar-refractivity contribution >= 4 is 11.8 Å². The van der Waals surface area contributed by atoms with E-state index >= 15 is 0 Å². The Morgan fingerprint density at radius 2 is 1.64 bits per heavy atom. The zero-order valence-electron chi connectivity index (χ0n) is 17.6. The summed E-state index contributed by atoms with van der Waals surface area (Å²) in [5, 5.41) is 2.78. The van der Waals surface area contributed by atoms with Crippen LogP contribution in [0, 0.1) is 0 Å². The van der Waals surface area contributed by atoms with Gasteiger partial charge in [0.05, 0.1) is 32.8 Å². The van der Waals surface area contributed by atoms with Gasteiger partial charge in [-0.05, 0) is 49.9 Å². The molecule has 2 N–H and O–H groups in total. The third-order valence-electron chi connectivity index (χ3n) is 5.34. The summed E-state index contributed by atoms with van der Waals surface area (Å²) in [6.45, 7) is 7.09. The lowest BCUT2D eigenvalue weighted by atomic mass is 10.1. The average molecular weight is 392 g/mol.